The Morgan fingerprint density at radius 2 is 1.50 bits per heavy atom. The molecule has 0 amide bonds. The first-order valence-electron chi connectivity index (χ1n) is 7.62. The van der Waals surface area contributed by atoms with Crippen LogP contribution < -0.4 is 10.5 Å². The smallest absolute Gasteiger partial charge is 0.127 e. The van der Waals surface area contributed by atoms with Gasteiger partial charge in [0.1, 0.15) is 24.0 Å². The molecule has 0 unspecified atom stereocenters. The molecular formula is C20H17F2NO. The van der Waals surface area contributed by atoms with E-state index in [-0.39, 0.29) is 0 Å². The van der Waals surface area contributed by atoms with Gasteiger partial charge in [0.15, 0.2) is 0 Å². The summed E-state index contributed by atoms with van der Waals surface area (Å²) in [6, 6.07) is 18.5. The molecule has 4 heteroatoms. The van der Waals surface area contributed by atoms with Gasteiger partial charge < -0.3 is 10.5 Å². The highest BCUT2D eigenvalue weighted by molar-refractivity contribution is 5.71. The van der Waals surface area contributed by atoms with Crippen molar-refractivity contribution >= 4 is 0 Å². The maximum Gasteiger partial charge on any atom is 0.127 e. The fraction of sp³-hybridized carbons (Fsp3) is 0.100. The molecule has 3 rings (SSSR count). The Kier molecular flexibility index (Phi) is 4.87. The Labute approximate surface area is 139 Å². The molecule has 2 nitrogen and oxygen atoms in total. The first-order valence-corrected chi connectivity index (χ1v) is 7.62. The molecule has 0 aliphatic rings. The molecule has 0 aromatic heterocycles. The molecule has 0 radical (unpaired) electrons. The molecule has 0 aliphatic heterocycles. The summed E-state index contributed by atoms with van der Waals surface area (Å²) in [5.41, 5.74) is 8.64. The van der Waals surface area contributed by atoms with Gasteiger partial charge in [-0.3, -0.25) is 0 Å². The van der Waals surface area contributed by atoms with E-state index >= 15 is 0 Å². The van der Waals surface area contributed by atoms with Crippen LogP contribution in [0.1, 0.15) is 11.1 Å². The van der Waals surface area contributed by atoms with E-state index in [0.717, 1.165) is 17.2 Å². The highest BCUT2D eigenvalue weighted by atomic mass is 19.1. The van der Waals surface area contributed by atoms with E-state index in [2.05, 4.69) is 0 Å². The second-order valence-corrected chi connectivity index (χ2v) is 5.47. The highest BCUT2D eigenvalue weighted by Gasteiger charge is 2.11. The predicted octanol–water partition coefficient (Wildman–Crippen LogP) is 4.67. The van der Waals surface area contributed by atoms with Gasteiger partial charge in [-0.1, -0.05) is 42.5 Å². The Hall–Kier alpha value is -2.72. The molecule has 0 spiro atoms. The highest BCUT2D eigenvalue weighted by Crippen LogP contribution is 2.32. The van der Waals surface area contributed by atoms with Crippen molar-refractivity contribution in [2.75, 3.05) is 0 Å². The first-order chi connectivity index (χ1) is 11.7. The van der Waals surface area contributed by atoms with Crippen molar-refractivity contribution in [3.05, 3.63) is 89.5 Å². The summed E-state index contributed by atoms with van der Waals surface area (Å²) in [6.45, 7) is 0.721. The molecule has 0 aliphatic carbocycles. The lowest BCUT2D eigenvalue weighted by Gasteiger charge is -2.14. The number of hydrogen-bond acceptors (Lipinski definition) is 2. The minimum Gasteiger partial charge on any atom is -0.488 e. The number of rotatable bonds is 5. The average Bonchev–Trinajstić information content (AvgIpc) is 2.59. The molecule has 0 atom stereocenters. The van der Waals surface area contributed by atoms with E-state index in [0.29, 0.717) is 30.0 Å². The van der Waals surface area contributed by atoms with Crippen LogP contribution in [-0.2, 0) is 13.2 Å². The van der Waals surface area contributed by atoms with Crippen LogP contribution in [0.4, 0.5) is 8.78 Å². The van der Waals surface area contributed by atoms with Gasteiger partial charge in [0.2, 0.25) is 0 Å². The molecule has 0 heterocycles. The number of hydrogen-bond donors (Lipinski definition) is 1. The topological polar surface area (TPSA) is 35.2 Å². The number of ether oxygens (including phenoxy) is 1. The first kappa shape index (κ1) is 16.1. The Morgan fingerprint density at radius 1 is 0.792 bits per heavy atom. The standard InChI is InChI=1S/C20H17F2NO/c21-17-9-16(10-18(22)11-17)19-7-6-15(12-23)8-20(19)24-13-14-4-2-1-3-5-14/h1-11H,12-13,23H2. The van der Waals surface area contributed by atoms with Gasteiger partial charge in [0.05, 0.1) is 0 Å². The second-order valence-electron chi connectivity index (χ2n) is 5.47. The van der Waals surface area contributed by atoms with E-state index in [1.165, 1.54) is 12.1 Å². The van der Waals surface area contributed by atoms with E-state index in [1.54, 1.807) is 12.1 Å². The van der Waals surface area contributed by atoms with Crippen LogP contribution in [0.25, 0.3) is 11.1 Å². The quantitative estimate of drug-likeness (QED) is 0.740. The van der Waals surface area contributed by atoms with Crippen molar-refractivity contribution in [1.29, 1.82) is 0 Å². The van der Waals surface area contributed by atoms with Crippen LogP contribution in [0.3, 0.4) is 0 Å². The zero-order valence-corrected chi connectivity index (χ0v) is 13.0. The lowest BCUT2D eigenvalue weighted by atomic mass is 10.0. The SMILES string of the molecule is NCc1ccc(-c2cc(F)cc(F)c2)c(OCc2ccccc2)c1. The average molecular weight is 325 g/mol. The van der Waals surface area contributed by atoms with E-state index in [1.807, 2.05) is 36.4 Å². The molecule has 3 aromatic rings. The minimum atomic E-state index is -0.623. The van der Waals surface area contributed by atoms with Crippen LogP contribution in [0.15, 0.2) is 66.7 Å². The van der Waals surface area contributed by atoms with Crippen molar-refractivity contribution in [1.82, 2.24) is 0 Å². The van der Waals surface area contributed by atoms with E-state index < -0.39 is 11.6 Å². The van der Waals surface area contributed by atoms with Crippen LogP contribution >= 0.6 is 0 Å². The van der Waals surface area contributed by atoms with Crippen LogP contribution in [0.2, 0.25) is 0 Å². The van der Waals surface area contributed by atoms with Gasteiger partial charge in [-0.25, -0.2) is 8.78 Å². The largest absolute Gasteiger partial charge is 0.488 e. The zero-order valence-electron chi connectivity index (χ0n) is 13.0. The van der Waals surface area contributed by atoms with Crippen molar-refractivity contribution in [3.63, 3.8) is 0 Å². The number of nitrogens with two attached hydrogens (primary N) is 1. The molecule has 2 N–H and O–H groups in total. The van der Waals surface area contributed by atoms with E-state index in [9.17, 15) is 8.78 Å². The van der Waals surface area contributed by atoms with Gasteiger partial charge in [-0.05, 0) is 34.9 Å². The summed E-state index contributed by atoms with van der Waals surface area (Å²) in [4.78, 5) is 0. The van der Waals surface area contributed by atoms with Crippen LogP contribution in [0, 0.1) is 11.6 Å². The Bertz CT molecular complexity index is 814. The van der Waals surface area contributed by atoms with E-state index in [4.69, 9.17) is 10.5 Å². The normalized spacial score (nSPS) is 10.6. The summed E-state index contributed by atoms with van der Waals surface area (Å²) in [5.74, 6) is -0.698. The number of halogens is 2. The molecule has 24 heavy (non-hydrogen) atoms. The third-order valence-corrected chi connectivity index (χ3v) is 3.69. The molecule has 122 valence electrons. The Balaban J connectivity index is 1.96. The van der Waals surface area contributed by atoms with Gasteiger partial charge in [-0.2, -0.15) is 0 Å². The molecule has 3 aromatic carbocycles. The van der Waals surface area contributed by atoms with Crippen molar-refractivity contribution in [2.24, 2.45) is 5.73 Å². The predicted molar refractivity (Wildman–Crippen MR) is 90.5 cm³/mol. The third kappa shape index (κ3) is 3.78. The lowest BCUT2D eigenvalue weighted by Crippen LogP contribution is -2.01. The van der Waals surface area contributed by atoms with Crippen molar-refractivity contribution in [2.45, 2.75) is 13.2 Å². The third-order valence-electron chi connectivity index (χ3n) is 3.69. The van der Waals surface area contributed by atoms with Gasteiger partial charge in [0, 0.05) is 18.2 Å². The fourth-order valence-electron chi connectivity index (χ4n) is 2.50. The van der Waals surface area contributed by atoms with Crippen LogP contribution in [-0.4, -0.2) is 0 Å². The monoisotopic (exact) mass is 325 g/mol. The molecule has 0 fully saturated rings. The Morgan fingerprint density at radius 3 is 2.17 bits per heavy atom. The molecule has 0 saturated heterocycles. The molecular weight excluding hydrogens is 308 g/mol. The van der Waals surface area contributed by atoms with Gasteiger partial charge in [0.25, 0.3) is 0 Å². The summed E-state index contributed by atoms with van der Waals surface area (Å²) < 4.78 is 33.0. The van der Waals surface area contributed by atoms with Crippen molar-refractivity contribution in [3.8, 4) is 16.9 Å². The summed E-state index contributed by atoms with van der Waals surface area (Å²) in [5, 5.41) is 0. The fourth-order valence-corrected chi connectivity index (χ4v) is 2.50. The van der Waals surface area contributed by atoms with Gasteiger partial charge >= 0.3 is 0 Å². The summed E-state index contributed by atoms with van der Waals surface area (Å²) >= 11 is 0. The van der Waals surface area contributed by atoms with Gasteiger partial charge in [-0.15, -0.1) is 0 Å². The molecule has 0 bridgehead atoms. The maximum absolute atomic E-state index is 13.5. The lowest BCUT2D eigenvalue weighted by molar-refractivity contribution is 0.307. The van der Waals surface area contributed by atoms with Crippen LogP contribution in [0.5, 0.6) is 5.75 Å². The molecule has 0 saturated carbocycles. The zero-order chi connectivity index (χ0) is 16.9. The summed E-state index contributed by atoms with van der Waals surface area (Å²) in [7, 11) is 0. The maximum atomic E-state index is 13.5. The second kappa shape index (κ2) is 7.23. The minimum absolute atomic E-state index is 0.361. The summed E-state index contributed by atoms with van der Waals surface area (Å²) in [6.07, 6.45) is 0. The number of benzene rings is 3. The van der Waals surface area contributed by atoms with Crippen molar-refractivity contribution < 1.29 is 13.5 Å².